The number of nitrogens with zero attached hydrogens (tertiary/aromatic N) is 3. The third-order valence-electron chi connectivity index (χ3n) is 5.40. The maximum absolute atomic E-state index is 12.7. The summed E-state index contributed by atoms with van der Waals surface area (Å²) in [4.78, 5) is 41.6. The number of pyridine rings is 1. The van der Waals surface area contributed by atoms with Gasteiger partial charge in [-0.15, -0.1) is 0 Å². The normalized spacial score (nSPS) is 14.4. The number of amides is 2. The van der Waals surface area contributed by atoms with Crippen LogP contribution in [0.1, 0.15) is 35.7 Å². The molecule has 0 radical (unpaired) electrons. The zero-order chi connectivity index (χ0) is 21.7. The van der Waals surface area contributed by atoms with E-state index in [1.165, 1.54) is 10.6 Å². The summed E-state index contributed by atoms with van der Waals surface area (Å²) in [5.74, 6) is -0.498. The number of carbonyl (C=O) groups excluding carboxylic acids is 2. The van der Waals surface area contributed by atoms with Crippen LogP contribution in [0.25, 0.3) is 0 Å². The second kappa shape index (κ2) is 9.61. The molecule has 1 aliphatic rings. The Bertz CT molecular complexity index is 944. The van der Waals surface area contributed by atoms with Gasteiger partial charge in [0, 0.05) is 45.1 Å². The lowest BCUT2D eigenvalue weighted by molar-refractivity contribution is -0.130. The minimum Gasteiger partial charge on any atom is -0.378 e. The summed E-state index contributed by atoms with van der Waals surface area (Å²) in [7, 11) is 3.98. The van der Waals surface area contributed by atoms with Crippen LogP contribution in [0.4, 0.5) is 5.69 Å². The molecule has 1 atom stereocenters. The molecular weight excluding hydrogens is 380 g/mol. The van der Waals surface area contributed by atoms with E-state index in [4.69, 9.17) is 0 Å². The summed E-state index contributed by atoms with van der Waals surface area (Å²) >= 11 is 0. The van der Waals surface area contributed by atoms with Crippen LogP contribution in [-0.4, -0.2) is 54.5 Å². The fourth-order valence-electron chi connectivity index (χ4n) is 3.68. The van der Waals surface area contributed by atoms with Gasteiger partial charge in [-0.05, 0) is 56.0 Å². The third-order valence-corrected chi connectivity index (χ3v) is 5.40. The van der Waals surface area contributed by atoms with Crippen molar-refractivity contribution >= 4 is 17.5 Å². The molecule has 0 spiro atoms. The zero-order valence-electron chi connectivity index (χ0n) is 17.9. The van der Waals surface area contributed by atoms with Crippen LogP contribution in [0.15, 0.2) is 47.4 Å². The molecule has 1 N–H and O–H groups in total. The van der Waals surface area contributed by atoms with E-state index in [1.54, 1.807) is 17.2 Å². The van der Waals surface area contributed by atoms with Crippen molar-refractivity contribution < 1.29 is 9.59 Å². The van der Waals surface area contributed by atoms with Gasteiger partial charge >= 0.3 is 0 Å². The fourth-order valence-corrected chi connectivity index (χ4v) is 3.68. The van der Waals surface area contributed by atoms with Crippen molar-refractivity contribution in [2.45, 2.75) is 38.8 Å². The minimum atomic E-state index is -0.440. The molecule has 7 nitrogen and oxygen atoms in total. The van der Waals surface area contributed by atoms with E-state index in [1.807, 2.05) is 50.2 Å². The molecule has 3 rings (SSSR count). The zero-order valence-corrected chi connectivity index (χ0v) is 17.9. The molecule has 0 bridgehead atoms. The molecule has 7 heteroatoms. The number of rotatable bonds is 7. The van der Waals surface area contributed by atoms with Gasteiger partial charge in [-0.3, -0.25) is 14.4 Å². The second-order valence-corrected chi connectivity index (χ2v) is 8.08. The van der Waals surface area contributed by atoms with E-state index in [9.17, 15) is 14.4 Å². The third kappa shape index (κ3) is 5.28. The number of likely N-dealkylation sites (tertiary alicyclic amines) is 1. The van der Waals surface area contributed by atoms with Gasteiger partial charge in [0.25, 0.3) is 11.5 Å². The highest BCUT2D eigenvalue weighted by Gasteiger charge is 2.20. The monoisotopic (exact) mass is 410 g/mol. The van der Waals surface area contributed by atoms with Crippen molar-refractivity contribution in [3.63, 3.8) is 0 Å². The Morgan fingerprint density at radius 1 is 1.10 bits per heavy atom. The molecule has 1 aromatic heterocycles. The molecule has 2 amide bonds. The summed E-state index contributed by atoms with van der Waals surface area (Å²) in [6.45, 7) is 3.35. The summed E-state index contributed by atoms with van der Waals surface area (Å²) in [6.07, 6.45) is 4.22. The number of aromatic nitrogens is 1. The number of benzene rings is 1. The molecule has 1 saturated heterocycles. The first-order chi connectivity index (χ1) is 14.3. The minimum absolute atomic E-state index is 0.0340. The Hall–Kier alpha value is -3.09. The van der Waals surface area contributed by atoms with E-state index < -0.39 is 11.5 Å². The van der Waals surface area contributed by atoms with Crippen LogP contribution in [-0.2, 0) is 17.8 Å². The fraction of sp³-hybridized carbons (Fsp3) is 0.435. The lowest BCUT2D eigenvalue weighted by atomic mass is 10.1. The van der Waals surface area contributed by atoms with Gasteiger partial charge in [-0.1, -0.05) is 12.1 Å². The van der Waals surface area contributed by atoms with E-state index in [2.05, 4.69) is 5.32 Å². The van der Waals surface area contributed by atoms with Crippen molar-refractivity contribution in [3.8, 4) is 0 Å². The number of hydrogen-bond donors (Lipinski definition) is 1. The predicted molar refractivity (Wildman–Crippen MR) is 118 cm³/mol. The Morgan fingerprint density at radius 3 is 2.40 bits per heavy atom. The quantitative estimate of drug-likeness (QED) is 0.757. The van der Waals surface area contributed by atoms with Gasteiger partial charge in [0.15, 0.2) is 0 Å². The van der Waals surface area contributed by atoms with Gasteiger partial charge in [0.05, 0.1) is 0 Å². The van der Waals surface area contributed by atoms with Gasteiger partial charge in [-0.2, -0.15) is 0 Å². The van der Waals surface area contributed by atoms with Crippen LogP contribution < -0.4 is 15.8 Å². The highest BCUT2D eigenvalue weighted by atomic mass is 16.2. The topological polar surface area (TPSA) is 74.7 Å². The summed E-state index contributed by atoms with van der Waals surface area (Å²) in [5.41, 5.74) is 1.84. The predicted octanol–water partition coefficient (Wildman–Crippen LogP) is 1.90. The number of carbonyl (C=O) groups is 2. The SMILES string of the molecule is CC(Cc1ccc(N(C)C)cc1)NC(=O)c1cccn(CC(=O)N2CCCC2)c1=O. The first-order valence-electron chi connectivity index (χ1n) is 10.4. The van der Waals surface area contributed by atoms with Crippen LogP contribution in [0.2, 0.25) is 0 Å². The van der Waals surface area contributed by atoms with Gasteiger partial charge in [0.2, 0.25) is 5.91 Å². The van der Waals surface area contributed by atoms with Crippen LogP contribution in [0.3, 0.4) is 0 Å². The largest absolute Gasteiger partial charge is 0.378 e. The smallest absolute Gasteiger partial charge is 0.263 e. The van der Waals surface area contributed by atoms with Crippen molar-refractivity contribution in [3.05, 3.63) is 64.1 Å². The van der Waals surface area contributed by atoms with E-state index >= 15 is 0 Å². The molecule has 2 heterocycles. The number of anilines is 1. The molecule has 2 aromatic rings. The van der Waals surface area contributed by atoms with E-state index in [-0.39, 0.29) is 24.1 Å². The molecule has 1 fully saturated rings. The molecule has 0 aliphatic carbocycles. The molecule has 0 saturated carbocycles. The first-order valence-corrected chi connectivity index (χ1v) is 10.4. The standard InChI is InChI=1S/C23H30N4O3/c1-17(15-18-8-10-19(11-9-18)25(2)3)24-22(29)20-7-6-14-27(23(20)30)16-21(28)26-12-4-5-13-26/h6-11,14,17H,4-5,12-13,15-16H2,1-3H3,(H,24,29). The van der Waals surface area contributed by atoms with E-state index in [0.717, 1.165) is 37.2 Å². The van der Waals surface area contributed by atoms with Crippen molar-refractivity contribution in [2.24, 2.45) is 0 Å². The maximum Gasteiger partial charge on any atom is 0.263 e. The second-order valence-electron chi connectivity index (χ2n) is 8.08. The lowest BCUT2D eigenvalue weighted by Crippen LogP contribution is -2.40. The van der Waals surface area contributed by atoms with Crippen LogP contribution >= 0.6 is 0 Å². The summed E-state index contributed by atoms with van der Waals surface area (Å²) in [5, 5.41) is 2.90. The van der Waals surface area contributed by atoms with Gasteiger partial charge in [0.1, 0.15) is 12.1 Å². The average Bonchev–Trinajstić information content (AvgIpc) is 3.24. The molecule has 160 valence electrons. The summed E-state index contributed by atoms with van der Waals surface area (Å²) in [6, 6.07) is 11.2. The first kappa shape index (κ1) is 21.6. The van der Waals surface area contributed by atoms with E-state index in [0.29, 0.717) is 6.42 Å². The number of hydrogen-bond acceptors (Lipinski definition) is 4. The maximum atomic E-state index is 12.7. The molecule has 1 aromatic carbocycles. The lowest BCUT2D eigenvalue weighted by Gasteiger charge is -2.17. The molecular formula is C23H30N4O3. The Kier molecular flexibility index (Phi) is 6.92. The van der Waals surface area contributed by atoms with Gasteiger partial charge < -0.3 is 19.7 Å². The highest BCUT2D eigenvalue weighted by molar-refractivity contribution is 5.94. The van der Waals surface area contributed by atoms with Crippen molar-refractivity contribution in [1.82, 2.24) is 14.8 Å². The van der Waals surface area contributed by atoms with Crippen LogP contribution in [0, 0.1) is 0 Å². The van der Waals surface area contributed by atoms with Crippen LogP contribution in [0.5, 0.6) is 0 Å². The average molecular weight is 411 g/mol. The Morgan fingerprint density at radius 2 is 1.77 bits per heavy atom. The highest BCUT2D eigenvalue weighted by Crippen LogP contribution is 2.13. The number of nitrogens with one attached hydrogen (secondary N) is 1. The Balaban J connectivity index is 1.63. The van der Waals surface area contributed by atoms with Gasteiger partial charge in [-0.25, -0.2) is 0 Å². The molecule has 1 aliphatic heterocycles. The molecule has 30 heavy (non-hydrogen) atoms. The van der Waals surface area contributed by atoms with Crippen molar-refractivity contribution in [2.75, 3.05) is 32.1 Å². The summed E-state index contributed by atoms with van der Waals surface area (Å²) < 4.78 is 1.32. The molecule has 1 unspecified atom stereocenters. The Labute approximate surface area is 177 Å². The van der Waals surface area contributed by atoms with Crippen molar-refractivity contribution in [1.29, 1.82) is 0 Å².